The molecule has 1 heterocycles. The third-order valence-electron chi connectivity index (χ3n) is 4.09. The van der Waals surface area contributed by atoms with Crippen LogP contribution >= 0.6 is 11.3 Å². The zero-order valence-electron chi connectivity index (χ0n) is 16.3. The molecule has 7 heteroatoms. The van der Waals surface area contributed by atoms with E-state index in [1.165, 1.54) is 34.6 Å². The average Bonchev–Trinajstić information content (AvgIpc) is 3.01. The fraction of sp³-hybridized carbons (Fsp3) is 0.450. The second kappa shape index (κ2) is 9.48. The summed E-state index contributed by atoms with van der Waals surface area (Å²) in [5.41, 5.74) is 2.21. The standard InChI is InChI=1S/C20H27NO4S2/c1-15(2)11-16-5-7-17(8-6-16)13-21(27(4,23)24)14-19-10-9-18(26-19)12-20(22)25-3/h5-10,15H,11-14H2,1-4H3. The summed E-state index contributed by atoms with van der Waals surface area (Å²) in [4.78, 5) is 13.1. The van der Waals surface area contributed by atoms with Crippen molar-refractivity contribution in [2.75, 3.05) is 13.4 Å². The summed E-state index contributed by atoms with van der Waals surface area (Å²) in [6.07, 6.45) is 2.44. The third kappa shape index (κ3) is 7.08. The Labute approximate surface area is 166 Å². The molecule has 0 radical (unpaired) electrons. The average molecular weight is 410 g/mol. The van der Waals surface area contributed by atoms with Crippen molar-refractivity contribution in [1.82, 2.24) is 4.31 Å². The third-order valence-corrected chi connectivity index (χ3v) is 6.36. The van der Waals surface area contributed by atoms with Crippen LogP contribution in [0.1, 0.15) is 34.7 Å². The van der Waals surface area contributed by atoms with Crippen LogP contribution in [0.5, 0.6) is 0 Å². The predicted molar refractivity (Wildman–Crippen MR) is 109 cm³/mol. The molecule has 0 amide bonds. The molecule has 0 atom stereocenters. The van der Waals surface area contributed by atoms with Crippen LogP contribution in [0.3, 0.4) is 0 Å². The highest BCUT2D eigenvalue weighted by molar-refractivity contribution is 7.88. The number of hydrogen-bond donors (Lipinski definition) is 0. The van der Waals surface area contributed by atoms with Crippen molar-refractivity contribution < 1.29 is 17.9 Å². The molecule has 148 valence electrons. The van der Waals surface area contributed by atoms with E-state index in [4.69, 9.17) is 0 Å². The van der Waals surface area contributed by atoms with Crippen LogP contribution in [0.25, 0.3) is 0 Å². The Kier molecular flexibility index (Phi) is 7.59. The molecule has 0 aliphatic heterocycles. The maximum absolute atomic E-state index is 12.2. The van der Waals surface area contributed by atoms with Crippen LogP contribution in [-0.4, -0.2) is 32.1 Å². The zero-order valence-corrected chi connectivity index (χ0v) is 17.9. The number of carbonyl (C=O) groups excluding carboxylic acids is 1. The Hall–Kier alpha value is -1.70. The van der Waals surface area contributed by atoms with Crippen molar-refractivity contribution in [3.63, 3.8) is 0 Å². The van der Waals surface area contributed by atoms with Gasteiger partial charge < -0.3 is 4.74 Å². The van der Waals surface area contributed by atoms with Crippen molar-refractivity contribution in [2.24, 2.45) is 5.92 Å². The highest BCUT2D eigenvalue weighted by Gasteiger charge is 2.19. The van der Waals surface area contributed by atoms with E-state index in [0.717, 1.165) is 21.7 Å². The topological polar surface area (TPSA) is 63.7 Å². The number of ether oxygens (including phenoxy) is 1. The SMILES string of the molecule is COC(=O)Cc1ccc(CN(Cc2ccc(CC(C)C)cc2)S(C)(=O)=O)s1. The van der Waals surface area contributed by atoms with Crippen LogP contribution in [0.4, 0.5) is 0 Å². The predicted octanol–water partition coefficient (Wildman–Crippen LogP) is 3.62. The van der Waals surface area contributed by atoms with Gasteiger partial charge in [0.1, 0.15) is 0 Å². The molecule has 27 heavy (non-hydrogen) atoms. The summed E-state index contributed by atoms with van der Waals surface area (Å²) in [6.45, 7) is 4.97. The van der Waals surface area contributed by atoms with Gasteiger partial charge in [0.15, 0.2) is 0 Å². The maximum atomic E-state index is 12.2. The summed E-state index contributed by atoms with van der Waals surface area (Å²) in [5.74, 6) is 0.284. The minimum absolute atomic E-state index is 0.206. The lowest BCUT2D eigenvalue weighted by molar-refractivity contribution is -0.139. The van der Waals surface area contributed by atoms with Gasteiger partial charge in [-0.05, 0) is 35.6 Å². The fourth-order valence-electron chi connectivity index (χ4n) is 2.74. The van der Waals surface area contributed by atoms with Gasteiger partial charge in [-0.1, -0.05) is 38.1 Å². The molecule has 0 saturated heterocycles. The highest BCUT2D eigenvalue weighted by atomic mass is 32.2. The number of thiophene rings is 1. The zero-order chi connectivity index (χ0) is 20.0. The summed E-state index contributed by atoms with van der Waals surface area (Å²) < 4.78 is 30.6. The van der Waals surface area contributed by atoms with Crippen LogP contribution in [0, 0.1) is 5.92 Å². The highest BCUT2D eigenvalue weighted by Crippen LogP contribution is 2.22. The maximum Gasteiger partial charge on any atom is 0.310 e. The van der Waals surface area contributed by atoms with Gasteiger partial charge >= 0.3 is 5.97 Å². The van der Waals surface area contributed by atoms with E-state index >= 15 is 0 Å². The first-order chi connectivity index (χ1) is 12.7. The summed E-state index contributed by atoms with van der Waals surface area (Å²) in [6, 6.07) is 11.8. The summed E-state index contributed by atoms with van der Waals surface area (Å²) in [7, 11) is -2.00. The van der Waals surface area contributed by atoms with Gasteiger partial charge in [0, 0.05) is 22.8 Å². The number of methoxy groups -OCH3 is 1. The van der Waals surface area contributed by atoms with Crippen molar-refractivity contribution in [2.45, 2.75) is 39.8 Å². The molecule has 2 rings (SSSR count). The molecule has 0 bridgehead atoms. The van der Waals surface area contributed by atoms with Crippen molar-refractivity contribution >= 4 is 27.3 Å². The molecule has 2 aromatic rings. The largest absolute Gasteiger partial charge is 0.469 e. The second-order valence-corrected chi connectivity index (χ2v) is 10.3. The van der Waals surface area contributed by atoms with E-state index in [2.05, 4.69) is 30.7 Å². The first-order valence-electron chi connectivity index (χ1n) is 8.84. The van der Waals surface area contributed by atoms with Crippen LogP contribution in [0.2, 0.25) is 0 Å². The van der Waals surface area contributed by atoms with Gasteiger partial charge in [0.2, 0.25) is 10.0 Å². The van der Waals surface area contributed by atoms with Gasteiger partial charge in [-0.25, -0.2) is 8.42 Å². The Morgan fingerprint density at radius 1 is 1.04 bits per heavy atom. The Balaban J connectivity index is 2.09. The van der Waals surface area contributed by atoms with Crippen LogP contribution in [-0.2, 0) is 45.5 Å². The Bertz CT molecular complexity index is 854. The quantitative estimate of drug-likeness (QED) is 0.594. The fourth-order valence-corrected chi connectivity index (χ4v) is 4.59. The first-order valence-corrected chi connectivity index (χ1v) is 11.5. The molecule has 0 unspecified atom stereocenters. The number of esters is 1. The van der Waals surface area contributed by atoms with E-state index in [9.17, 15) is 13.2 Å². The molecule has 0 saturated carbocycles. The van der Waals surface area contributed by atoms with E-state index in [1.54, 1.807) is 0 Å². The van der Waals surface area contributed by atoms with Crippen molar-refractivity contribution in [3.05, 3.63) is 57.3 Å². The lowest BCUT2D eigenvalue weighted by Crippen LogP contribution is -2.28. The Morgan fingerprint density at radius 3 is 2.19 bits per heavy atom. The minimum atomic E-state index is -3.36. The first kappa shape index (κ1) is 21.6. The summed E-state index contributed by atoms with van der Waals surface area (Å²) in [5, 5.41) is 0. The normalized spacial score (nSPS) is 11.9. The lowest BCUT2D eigenvalue weighted by Gasteiger charge is -2.19. The van der Waals surface area contributed by atoms with Gasteiger partial charge in [0.05, 0.1) is 19.8 Å². The molecule has 0 N–H and O–H groups in total. The molecule has 1 aromatic carbocycles. The molecule has 0 aliphatic rings. The lowest BCUT2D eigenvalue weighted by atomic mass is 10.0. The monoisotopic (exact) mass is 409 g/mol. The number of sulfonamides is 1. The number of rotatable bonds is 9. The number of benzene rings is 1. The van der Waals surface area contributed by atoms with Gasteiger partial charge in [-0.3, -0.25) is 4.79 Å². The van der Waals surface area contributed by atoms with E-state index in [-0.39, 0.29) is 12.4 Å². The number of nitrogens with zero attached hydrogens (tertiary/aromatic N) is 1. The molecule has 0 fully saturated rings. The summed E-state index contributed by atoms with van der Waals surface area (Å²) >= 11 is 1.43. The molecule has 0 spiro atoms. The van der Waals surface area contributed by atoms with Gasteiger partial charge in [-0.15, -0.1) is 11.3 Å². The Morgan fingerprint density at radius 2 is 1.63 bits per heavy atom. The second-order valence-electron chi connectivity index (χ2n) is 7.07. The smallest absolute Gasteiger partial charge is 0.310 e. The minimum Gasteiger partial charge on any atom is -0.469 e. The van der Waals surface area contributed by atoms with Crippen LogP contribution in [0.15, 0.2) is 36.4 Å². The molecule has 1 aromatic heterocycles. The molecule has 0 aliphatic carbocycles. The van der Waals surface area contributed by atoms with Gasteiger partial charge in [-0.2, -0.15) is 4.31 Å². The molecular formula is C20H27NO4S2. The van der Waals surface area contributed by atoms with Crippen molar-refractivity contribution in [3.8, 4) is 0 Å². The number of hydrogen-bond acceptors (Lipinski definition) is 5. The van der Waals surface area contributed by atoms with Crippen LogP contribution < -0.4 is 0 Å². The van der Waals surface area contributed by atoms with E-state index < -0.39 is 10.0 Å². The van der Waals surface area contributed by atoms with E-state index in [0.29, 0.717) is 19.0 Å². The van der Waals surface area contributed by atoms with E-state index in [1.807, 2.05) is 24.3 Å². The molecule has 5 nitrogen and oxygen atoms in total. The molecular weight excluding hydrogens is 382 g/mol. The van der Waals surface area contributed by atoms with Gasteiger partial charge in [0.25, 0.3) is 0 Å². The number of carbonyl (C=O) groups is 1. The van der Waals surface area contributed by atoms with Crippen molar-refractivity contribution in [1.29, 1.82) is 0 Å².